The van der Waals surface area contributed by atoms with Gasteiger partial charge in [0.25, 0.3) is 0 Å². The fraction of sp³-hybridized carbons (Fsp3) is 0.356. The highest BCUT2D eigenvalue weighted by Gasteiger charge is 1.91. The van der Waals surface area contributed by atoms with E-state index in [1.165, 1.54) is 23.8 Å². The summed E-state index contributed by atoms with van der Waals surface area (Å²) in [6, 6.07) is 9.61. The van der Waals surface area contributed by atoms with E-state index in [0.717, 1.165) is 85.9 Å². The Morgan fingerprint density at radius 1 is 0.301 bits per heavy atom. The summed E-state index contributed by atoms with van der Waals surface area (Å²) in [6.45, 7) is 32.9. The number of hydrogen-bond donors (Lipinski definition) is 0. The molecule has 0 aliphatic carbocycles. The molecule has 11 rings (SSSR count). The van der Waals surface area contributed by atoms with Gasteiger partial charge >= 0.3 is 0 Å². The van der Waals surface area contributed by atoms with Gasteiger partial charge in [0.1, 0.15) is 59.8 Å². The summed E-state index contributed by atoms with van der Waals surface area (Å²) < 4.78 is 7.04. The Bertz CT molecular complexity index is 2900. The van der Waals surface area contributed by atoms with Crippen LogP contribution in [0.3, 0.4) is 0 Å². The summed E-state index contributed by atoms with van der Waals surface area (Å²) in [5.41, 5.74) is 11.0. The zero-order valence-corrected chi connectivity index (χ0v) is 52.4. The average molecular weight is 1130 g/mol. The molecule has 0 spiro atoms. The SMILES string of the molecule is Cc1cc(C)nc(C)n1.Cc1ccn(C)n1.Cc1ccnc(C)n1.Cc1ccnc(C)n1.Cc1ccnnc1.Cc1cnc(C)nc1.Cc1cnc(C)nc1.Cc1cnn(C)c1.Cc1cnn(C)c1.Cc1ncn(C)n1.Cc1ncncn1. The summed E-state index contributed by atoms with van der Waals surface area (Å²) in [5, 5.41) is 23.0. The third-order valence-corrected chi connectivity index (χ3v) is 9.33. The minimum absolute atomic E-state index is 0.759. The smallest absolute Gasteiger partial charge is 0.147 e. The van der Waals surface area contributed by atoms with Gasteiger partial charge < -0.3 is 0 Å². The van der Waals surface area contributed by atoms with Crippen LogP contribution in [0.1, 0.15) is 97.1 Å². The van der Waals surface area contributed by atoms with Crippen molar-refractivity contribution in [2.45, 2.75) is 118 Å². The number of aryl methyl sites for hydroxylation is 21. The molecule has 0 aromatic carbocycles. The standard InChI is InChI=1S/C7H10N2.4C6H8N2.3C5H8N2.C5H6N2.C4H7N3.C4H5N3/c1-5-4-6(2)9-7(3)8-5;2*1-5-3-7-6(2)8-4-5;2*1-5-3-4-7-6(2)8-5;2*1-5-3-6-7(2)4-5;1-5-3-4-7(2)6-5;1-5-2-3-6-7-4-5;1-4-5-3-7(2)6-4;1-4-6-2-5-3-7-4/h4H,1-3H3;4*3-4H,1-2H3;3*3-4H,1-2H3;2-4H,1H3;3H,1-2H3;2-3H,1H3. The molecule has 11 heterocycles. The molecule has 0 aliphatic rings. The van der Waals surface area contributed by atoms with Crippen LogP contribution in [-0.4, -0.2) is 119 Å². The highest BCUT2D eigenvalue weighted by atomic mass is 15.3. The van der Waals surface area contributed by atoms with Gasteiger partial charge in [-0.05, 0) is 176 Å². The first-order valence-electron chi connectivity index (χ1n) is 26.1. The van der Waals surface area contributed by atoms with Crippen molar-refractivity contribution >= 4 is 0 Å². The van der Waals surface area contributed by atoms with E-state index in [-0.39, 0.29) is 0 Å². The first-order valence-corrected chi connectivity index (χ1v) is 26.1. The lowest BCUT2D eigenvalue weighted by Gasteiger charge is -1.95. The van der Waals surface area contributed by atoms with E-state index in [0.29, 0.717) is 0 Å². The second-order valence-corrected chi connectivity index (χ2v) is 18.4. The molecule has 0 amide bonds. The number of hydrogen-bond acceptors (Lipinski definition) is 20. The summed E-state index contributed by atoms with van der Waals surface area (Å²) in [5.74, 6) is 5.77. The summed E-state index contributed by atoms with van der Waals surface area (Å²) in [6.07, 6.45) is 28.3. The molecule has 0 bridgehead atoms. The van der Waals surface area contributed by atoms with Crippen molar-refractivity contribution in [3.05, 3.63) is 227 Å². The molecule has 11 aromatic rings. The van der Waals surface area contributed by atoms with E-state index in [4.69, 9.17) is 0 Å². The molecule has 83 heavy (non-hydrogen) atoms. The minimum atomic E-state index is 0.759. The molecule has 0 atom stereocenters. The Kier molecular flexibility index (Phi) is 35.5. The van der Waals surface area contributed by atoms with Crippen molar-refractivity contribution in [3.8, 4) is 0 Å². The van der Waals surface area contributed by atoms with Gasteiger partial charge in [-0.25, -0.2) is 69.8 Å². The molecular weight excluding hydrogens is 1040 g/mol. The predicted octanol–water partition coefficient (Wildman–Crippen LogP) is 9.05. The van der Waals surface area contributed by atoms with Crippen LogP contribution in [0.15, 0.2) is 130 Å². The van der Waals surface area contributed by atoms with E-state index in [1.807, 2.05) is 232 Å². The van der Waals surface area contributed by atoms with Crippen molar-refractivity contribution in [1.29, 1.82) is 0 Å². The van der Waals surface area contributed by atoms with E-state index in [2.05, 4.69) is 100 Å². The van der Waals surface area contributed by atoms with Crippen molar-refractivity contribution in [2.24, 2.45) is 28.2 Å². The van der Waals surface area contributed by atoms with Gasteiger partial charge in [-0.2, -0.15) is 30.6 Å². The Morgan fingerprint density at radius 3 is 0.940 bits per heavy atom. The maximum absolute atomic E-state index is 4.12. The van der Waals surface area contributed by atoms with E-state index in [1.54, 1.807) is 49.8 Å². The van der Waals surface area contributed by atoms with Gasteiger partial charge in [-0.15, -0.1) is 0 Å². The molecule has 0 saturated carbocycles. The molecule has 0 aliphatic heterocycles. The monoisotopic (exact) mass is 1130 g/mol. The zero-order chi connectivity index (χ0) is 62.1. The third-order valence-electron chi connectivity index (χ3n) is 9.33. The van der Waals surface area contributed by atoms with Crippen molar-refractivity contribution in [3.63, 3.8) is 0 Å². The van der Waals surface area contributed by atoms with Gasteiger partial charge in [0.2, 0.25) is 0 Å². The van der Waals surface area contributed by atoms with Crippen LogP contribution >= 0.6 is 0 Å². The molecular formula is C59H84N24. The van der Waals surface area contributed by atoms with Crippen LogP contribution in [-0.2, 0) is 28.2 Å². The zero-order valence-electron chi connectivity index (χ0n) is 52.4. The Morgan fingerprint density at radius 2 is 0.747 bits per heavy atom. The molecule has 24 heteroatoms. The van der Waals surface area contributed by atoms with Gasteiger partial charge in [0.05, 0.1) is 24.3 Å². The minimum Gasteiger partial charge on any atom is -0.276 e. The van der Waals surface area contributed by atoms with Crippen LogP contribution < -0.4 is 0 Å². The quantitative estimate of drug-likeness (QED) is 0.137. The summed E-state index contributed by atoms with van der Waals surface area (Å²) >= 11 is 0. The molecule has 24 nitrogen and oxygen atoms in total. The maximum atomic E-state index is 4.12. The average Bonchev–Trinajstić information content (AvgIpc) is 4.23. The molecule has 0 fully saturated rings. The first-order chi connectivity index (χ1) is 39.3. The molecule has 0 unspecified atom stereocenters. The van der Waals surface area contributed by atoms with Gasteiger partial charge in [-0.1, -0.05) is 0 Å². The highest BCUT2D eigenvalue weighted by Crippen LogP contribution is 1.97. The summed E-state index contributed by atoms with van der Waals surface area (Å²) in [4.78, 5) is 55.1. The Balaban J connectivity index is 0.000000457. The second-order valence-electron chi connectivity index (χ2n) is 18.4. The lowest BCUT2D eigenvalue weighted by molar-refractivity contribution is 0.756. The highest BCUT2D eigenvalue weighted by molar-refractivity contribution is 5.07. The molecule has 440 valence electrons. The van der Waals surface area contributed by atoms with E-state index in [9.17, 15) is 0 Å². The first kappa shape index (κ1) is 71.3. The molecule has 0 radical (unpaired) electrons. The van der Waals surface area contributed by atoms with Crippen molar-refractivity contribution in [2.75, 3.05) is 0 Å². The van der Waals surface area contributed by atoms with E-state index < -0.39 is 0 Å². The van der Waals surface area contributed by atoms with Crippen molar-refractivity contribution < 1.29 is 0 Å². The number of rotatable bonds is 0. The van der Waals surface area contributed by atoms with Crippen LogP contribution in [0.25, 0.3) is 0 Å². The molecule has 11 aromatic heterocycles. The largest absolute Gasteiger partial charge is 0.276 e. The lowest BCUT2D eigenvalue weighted by Crippen LogP contribution is -1.91. The summed E-state index contributed by atoms with van der Waals surface area (Å²) in [7, 11) is 7.58. The number of aromatic nitrogens is 24. The fourth-order valence-corrected chi connectivity index (χ4v) is 5.68. The second kappa shape index (κ2) is 41.3. The maximum Gasteiger partial charge on any atom is 0.147 e. The lowest BCUT2D eigenvalue weighted by atomic mass is 10.3. The van der Waals surface area contributed by atoms with Gasteiger partial charge in [-0.3, -0.25) is 18.7 Å². The van der Waals surface area contributed by atoms with E-state index >= 15 is 0 Å². The topological polar surface area (TPSA) is 278 Å². The van der Waals surface area contributed by atoms with Crippen LogP contribution in [0.4, 0.5) is 0 Å². The molecule has 0 N–H and O–H groups in total. The third kappa shape index (κ3) is 40.1. The molecule has 0 saturated heterocycles. The Hall–Kier alpha value is -9.74. The van der Waals surface area contributed by atoms with Crippen LogP contribution in [0.2, 0.25) is 0 Å². The van der Waals surface area contributed by atoms with Gasteiger partial charge in [0.15, 0.2) is 0 Å². The van der Waals surface area contributed by atoms with Gasteiger partial charge in [0, 0.05) is 113 Å². The fourth-order valence-electron chi connectivity index (χ4n) is 5.68. The Labute approximate surface area is 490 Å². The normalized spacial score (nSPS) is 9.27. The predicted molar refractivity (Wildman–Crippen MR) is 323 cm³/mol. The van der Waals surface area contributed by atoms with Crippen LogP contribution in [0.5, 0.6) is 0 Å². The van der Waals surface area contributed by atoms with Crippen molar-refractivity contribution in [1.82, 2.24) is 119 Å². The van der Waals surface area contributed by atoms with Crippen LogP contribution in [0, 0.1) is 118 Å². The number of nitrogens with zero attached hydrogens (tertiary/aromatic N) is 24.